The summed E-state index contributed by atoms with van der Waals surface area (Å²) in [6.07, 6.45) is 9.33. The highest BCUT2D eigenvalue weighted by atomic mass is 16.1. The van der Waals surface area contributed by atoms with Crippen LogP contribution in [0.15, 0.2) is 11.6 Å². The third kappa shape index (κ3) is 3.42. The molecule has 0 N–H and O–H groups in total. The van der Waals surface area contributed by atoms with E-state index in [1.165, 1.54) is 25.7 Å². The highest BCUT2D eigenvalue weighted by Gasteiger charge is 2.30. The number of hydrogen-bond donors (Lipinski definition) is 0. The van der Waals surface area contributed by atoms with Crippen molar-refractivity contribution in [3.8, 4) is 0 Å². The van der Waals surface area contributed by atoms with Gasteiger partial charge < -0.3 is 4.90 Å². The Morgan fingerprint density at radius 2 is 1.94 bits per heavy atom. The lowest BCUT2D eigenvalue weighted by atomic mass is 9.93. The van der Waals surface area contributed by atoms with Crippen molar-refractivity contribution >= 4 is 5.78 Å². The average Bonchev–Trinajstić information content (AvgIpc) is 2.31. The summed E-state index contributed by atoms with van der Waals surface area (Å²) in [5.74, 6) is 0.381. The first kappa shape index (κ1) is 13.8. The van der Waals surface area contributed by atoms with E-state index in [9.17, 15) is 4.79 Å². The lowest BCUT2D eigenvalue weighted by molar-refractivity contribution is -0.122. The summed E-state index contributed by atoms with van der Waals surface area (Å²) < 4.78 is 0. The topological polar surface area (TPSA) is 23.6 Å². The van der Waals surface area contributed by atoms with Gasteiger partial charge in [0, 0.05) is 19.6 Å². The molecule has 102 valence electrons. The lowest BCUT2D eigenvalue weighted by Gasteiger charge is -2.37. The molecule has 2 rings (SSSR count). The molecule has 0 amide bonds. The molecule has 0 aromatic carbocycles. The Morgan fingerprint density at radius 1 is 1.17 bits per heavy atom. The summed E-state index contributed by atoms with van der Waals surface area (Å²) in [6.45, 7) is 2.95. The first-order chi connectivity index (χ1) is 8.68. The van der Waals surface area contributed by atoms with Crippen LogP contribution in [-0.4, -0.2) is 55.4 Å². The van der Waals surface area contributed by atoms with E-state index in [0.29, 0.717) is 5.78 Å². The smallest absolute Gasteiger partial charge is 0.176 e. The van der Waals surface area contributed by atoms with Gasteiger partial charge >= 0.3 is 0 Å². The van der Waals surface area contributed by atoms with Crippen molar-refractivity contribution in [1.29, 1.82) is 0 Å². The zero-order valence-corrected chi connectivity index (χ0v) is 11.8. The molecule has 3 heteroatoms. The maximum Gasteiger partial charge on any atom is 0.176 e. The van der Waals surface area contributed by atoms with Crippen LogP contribution in [-0.2, 0) is 4.79 Å². The van der Waals surface area contributed by atoms with E-state index in [1.54, 1.807) is 0 Å². The highest BCUT2D eigenvalue weighted by molar-refractivity contribution is 5.99. The average molecular weight is 250 g/mol. The van der Waals surface area contributed by atoms with Crippen LogP contribution in [0, 0.1) is 0 Å². The van der Waals surface area contributed by atoms with Gasteiger partial charge in [-0.25, -0.2) is 0 Å². The molecule has 1 aliphatic heterocycles. The predicted molar refractivity (Wildman–Crippen MR) is 74.7 cm³/mol. The quantitative estimate of drug-likeness (QED) is 0.749. The van der Waals surface area contributed by atoms with Crippen molar-refractivity contribution in [2.75, 3.05) is 33.7 Å². The van der Waals surface area contributed by atoms with Crippen LogP contribution in [0.25, 0.3) is 0 Å². The van der Waals surface area contributed by atoms with Crippen molar-refractivity contribution in [2.45, 2.75) is 44.6 Å². The van der Waals surface area contributed by atoms with E-state index in [4.69, 9.17) is 0 Å². The maximum atomic E-state index is 12.6. The third-order valence-corrected chi connectivity index (χ3v) is 4.26. The van der Waals surface area contributed by atoms with E-state index in [1.807, 2.05) is 0 Å². The number of likely N-dealkylation sites (N-methyl/N-ethyl adjacent to an activating group) is 2. The summed E-state index contributed by atoms with van der Waals surface area (Å²) in [4.78, 5) is 17.1. The molecular formula is C15H26N2O. The van der Waals surface area contributed by atoms with Crippen molar-refractivity contribution in [3.05, 3.63) is 11.6 Å². The van der Waals surface area contributed by atoms with Crippen LogP contribution in [0.1, 0.15) is 38.5 Å². The third-order valence-electron chi connectivity index (χ3n) is 4.26. The summed E-state index contributed by atoms with van der Waals surface area (Å²) in [7, 11) is 4.19. The van der Waals surface area contributed by atoms with Gasteiger partial charge in [-0.3, -0.25) is 9.69 Å². The molecule has 2 aliphatic rings. The number of rotatable bonds is 2. The van der Waals surface area contributed by atoms with Crippen LogP contribution in [0.5, 0.6) is 0 Å². The van der Waals surface area contributed by atoms with Gasteiger partial charge in [0.15, 0.2) is 5.78 Å². The van der Waals surface area contributed by atoms with Crippen molar-refractivity contribution < 1.29 is 4.79 Å². The summed E-state index contributed by atoms with van der Waals surface area (Å²) >= 11 is 0. The van der Waals surface area contributed by atoms with Crippen LogP contribution in [0.2, 0.25) is 0 Å². The molecule has 1 aliphatic carbocycles. The molecule has 0 saturated carbocycles. The van der Waals surface area contributed by atoms with Crippen LogP contribution in [0.3, 0.4) is 0 Å². The molecule has 1 unspecified atom stereocenters. The molecule has 0 radical (unpaired) electrons. The normalized spacial score (nSPS) is 28.3. The minimum absolute atomic E-state index is 0.0782. The molecule has 0 aromatic heterocycles. The fraction of sp³-hybridized carbons (Fsp3) is 0.800. The number of Topliss-reactive ketones (excluding diaryl/α,β-unsaturated/α-hetero) is 1. The summed E-state index contributed by atoms with van der Waals surface area (Å²) in [6, 6.07) is 0.0782. The molecule has 0 spiro atoms. The summed E-state index contributed by atoms with van der Waals surface area (Å²) in [5, 5.41) is 0. The number of hydrogen-bond acceptors (Lipinski definition) is 3. The van der Waals surface area contributed by atoms with Crippen molar-refractivity contribution in [3.63, 3.8) is 0 Å². The van der Waals surface area contributed by atoms with E-state index in [0.717, 1.165) is 38.0 Å². The van der Waals surface area contributed by atoms with Gasteiger partial charge in [-0.1, -0.05) is 18.9 Å². The maximum absolute atomic E-state index is 12.6. The largest absolute Gasteiger partial charge is 0.303 e. The van der Waals surface area contributed by atoms with Gasteiger partial charge in [0.25, 0.3) is 0 Å². The fourth-order valence-corrected chi connectivity index (χ4v) is 2.92. The first-order valence-electron chi connectivity index (χ1n) is 7.30. The van der Waals surface area contributed by atoms with Crippen molar-refractivity contribution in [2.24, 2.45) is 0 Å². The number of nitrogens with zero attached hydrogens (tertiary/aromatic N) is 2. The Kier molecular flexibility index (Phi) is 4.95. The Balaban J connectivity index is 2.03. The molecule has 1 heterocycles. The van der Waals surface area contributed by atoms with Gasteiger partial charge in [-0.05, 0) is 45.4 Å². The molecule has 18 heavy (non-hydrogen) atoms. The predicted octanol–water partition coefficient (Wildman–Crippen LogP) is 2.08. The molecule has 0 aromatic rings. The zero-order valence-electron chi connectivity index (χ0n) is 11.8. The minimum Gasteiger partial charge on any atom is -0.303 e. The second kappa shape index (κ2) is 6.48. The highest BCUT2D eigenvalue weighted by Crippen LogP contribution is 2.21. The number of carbonyl (C=O) groups excluding carboxylic acids is 1. The Bertz CT molecular complexity index is 324. The van der Waals surface area contributed by atoms with Gasteiger partial charge in [-0.2, -0.15) is 0 Å². The minimum atomic E-state index is 0.0782. The number of ketones is 1. The molecular weight excluding hydrogens is 224 g/mol. The van der Waals surface area contributed by atoms with E-state index in [-0.39, 0.29) is 6.04 Å². The molecule has 1 fully saturated rings. The molecule has 3 nitrogen and oxygen atoms in total. The molecule has 0 bridgehead atoms. The van der Waals surface area contributed by atoms with E-state index in [2.05, 4.69) is 30.0 Å². The monoisotopic (exact) mass is 250 g/mol. The SMILES string of the molecule is CN1CCN(C)C(C(=O)C2=CCCCCCC2)C1. The Labute approximate surface area is 111 Å². The van der Waals surface area contributed by atoms with E-state index < -0.39 is 0 Å². The standard InChI is InChI=1S/C15H26N2O/c1-16-10-11-17(2)14(12-16)15(18)13-8-6-4-3-5-7-9-13/h8,14H,3-7,9-12H2,1-2H3. The molecule has 1 atom stereocenters. The fourth-order valence-electron chi connectivity index (χ4n) is 2.92. The second-order valence-electron chi connectivity index (χ2n) is 5.81. The zero-order chi connectivity index (χ0) is 13.0. The second-order valence-corrected chi connectivity index (χ2v) is 5.81. The Morgan fingerprint density at radius 3 is 2.78 bits per heavy atom. The van der Waals surface area contributed by atoms with Gasteiger partial charge in [-0.15, -0.1) is 0 Å². The van der Waals surface area contributed by atoms with Gasteiger partial charge in [0.05, 0.1) is 6.04 Å². The first-order valence-corrected chi connectivity index (χ1v) is 7.30. The Hall–Kier alpha value is -0.670. The number of piperazine rings is 1. The summed E-state index contributed by atoms with van der Waals surface area (Å²) in [5.41, 5.74) is 1.10. The molecule has 1 saturated heterocycles. The van der Waals surface area contributed by atoms with Crippen molar-refractivity contribution in [1.82, 2.24) is 9.80 Å². The van der Waals surface area contributed by atoms with Gasteiger partial charge in [0.2, 0.25) is 0 Å². The van der Waals surface area contributed by atoms with Crippen LogP contribution >= 0.6 is 0 Å². The van der Waals surface area contributed by atoms with E-state index >= 15 is 0 Å². The van der Waals surface area contributed by atoms with Gasteiger partial charge in [0.1, 0.15) is 0 Å². The number of allylic oxidation sites excluding steroid dienone is 1. The lowest BCUT2D eigenvalue weighted by Crippen LogP contribution is -2.53. The van der Waals surface area contributed by atoms with Crippen LogP contribution < -0.4 is 0 Å². The van der Waals surface area contributed by atoms with Crippen LogP contribution in [0.4, 0.5) is 0 Å². The number of carbonyl (C=O) groups is 1.